The minimum atomic E-state index is -0.614. The third kappa shape index (κ3) is 3.24. The summed E-state index contributed by atoms with van der Waals surface area (Å²) in [4.78, 5) is 32.0. The zero-order valence-electron chi connectivity index (χ0n) is 13.4. The molecule has 0 fully saturated rings. The fourth-order valence-electron chi connectivity index (χ4n) is 2.16. The smallest absolute Gasteiger partial charge is 0.373 e. The van der Waals surface area contributed by atoms with E-state index in [0.717, 1.165) is 0 Å². The van der Waals surface area contributed by atoms with Gasteiger partial charge in [0.25, 0.3) is 5.88 Å². The van der Waals surface area contributed by atoms with Crippen LogP contribution in [-0.4, -0.2) is 41.6 Å². The van der Waals surface area contributed by atoms with Crippen LogP contribution < -0.4 is 9.64 Å². The highest BCUT2D eigenvalue weighted by molar-refractivity contribution is 5.97. The molecule has 0 aliphatic carbocycles. The monoisotopic (exact) mass is 332 g/mol. The summed E-state index contributed by atoms with van der Waals surface area (Å²) in [6.07, 6.45) is 1.17. The summed E-state index contributed by atoms with van der Waals surface area (Å²) >= 11 is 0. The first-order chi connectivity index (χ1) is 11.5. The van der Waals surface area contributed by atoms with Crippen molar-refractivity contribution in [2.24, 2.45) is 0 Å². The van der Waals surface area contributed by atoms with Crippen molar-refractivity contribution in [1.82, 2.24) is 9.97 Å². The first-order valence-electron chi connectivity index (χ1n) is 7.04. The molecule has 0 aliphatic heterocycles. The Hall–Kier alpha value is -3.23. The number of para-hydroxylation sites is 1. The topological polar surface area (TPSA) is 108 Å². The van der Waals surface area contributed by atoms with Gasteiger partial charge in [-0.2, -0.15) is 4.98 Å². The van der Waals surface area contributed by atoms with Crippen molar-refractivity contribution in [2.45, 2.75) is 6.92 Å². The molecular formula is C15H16N4O5. The quantitative estimate of drug-likeness (QED) is 0.450. The Balaban J connectivity index is 2.59. The number of aromatic nitrogens is 2. The Morgan fingerprint density at radius 3 is 2.67 bits per heavy atom. The molecule has 0 unspecified atom stereocenters. The highest BCUT2D eigenvalue weighted by Crippen LogP contribution is 2.37. The minimum absolute atomic E-state index is 0.00908. The van der Waals surface area contributed by atoms with Crippen LogP contribution >= 0.6 is 0 Å². The minimum Gasteiger partial charge on any atom is -0.473 e. The molecule has 0 N–H and O–H groups in total. The highest BCUT2D eigenvalue weighted by Gasteiger charge is 2.29. The standard InChI is InChI=1S/C15H16N4O5/c1-4-24-14-12(19(21)22)13(16-9-17-14)18(2)11-8-6-5-7-10(11)15(20)23-3/h5-9H,4H2,1-3H3. The molecule has 0 saturated heterocycles. The third-order valence-corrected chi connectivity index (χ3v) is 3.22. The van der Waals surface area contributed by atoms with Crippen molar-refractivity contribution in [3.05, 3.63) is 46.3 Å². The second-order valence-electron chi connectivity index (χ2n) is 4.61. The third-order valence-electron chi connectivity index (χ3n) is 3.22. The number of esters is 1. The van der Waals surface area contributed by atoms with Gasteiger partial charge in [-0.3, -0.25) is 10.1 Å². The number of anilines is 2. The molecule has 0 aliphatic rings. The zero-order valence-corrected chi connectivity index (χ0v) is 13.4. The van der Waals surface area contributed by atoms with Crippen LogP contribution in [0.25, 0.3) is 0 Å². The van der Waals surface area contributed by atoms with E-state index in [2.05, 4.69) is 9.97 Å². The molecule has 2 aromatic rings. The van der Waals surface area contributed by atoms with Crippen molar-refractivity contribution < 1.29 is 19.2 Å². The van der Waals surface area contributed by atoms with Crippen LogP contribution in [0.3, 0.4) is 0 Å². The number of methoxy groups -OCH3 is 1. The second kappa shape index (κ2) is 7.36. The van der Waals surface area contributed by atoms with Gasteiger partial charge >= 0.3 is 11.7 Å². The van der Waals surface area contributed by atoms with E-state index >= 15 is 0 Å². The average molecular weight is 332 g/mol. The van der Waals surface area contributed by atoms with E-state index in [4.69, 9.17) is 9.47 Å². The number of carbonyl (C=O) groups is 1. The molecule has 0 atom stereocenters. The molecule has 1 heterocycles. The molecule has 0 bridgehead atoms. The number of hydrogen-bond acceptors (Lipinski definition) is 8. The Labute approximate surface area is 138 Å². The van der Waals surface area contributed by atoms with Gasteiger partial charge in [-0.25, -0.2) is 9.78 Å². The molecule has 1 aromatic carbocycles. The van der Waals surface area contributed by atoms with Crippen LogP contribution in [0, 0.1) is 10.1 Å². The van der Waals surface area contributed by atoms with Gasteiger partial charge < -0.3 is 14.4 Å². The van der Waals surface area contributed by atoms with Gasteiger partial charge in [0.05, 0.1) is 29.9 Å². The maximum atomic E-state index is 11.9. The van der Waals surface area contributed by atoms with Crippen molar-refractivity contribution in [3.8, 4) is 5.88 Å². The van der Waals surface area contributed by atoms with Crippen LogP contribution in [0.5, 0.6) is 5.88 Å². The molecule has 0 spiro atoms. The van der Waals surface area contributed by atoms with Crippen LogP contribution in [0.4, 0.5) is 17.2 Å². The Morgan fingerprint density at radius 1 is 1.33 bits per heavy atom. The van der Waals surface area contributed by atoms with E-state index in [-0.39, 0.29) is 29.6 Å². The fourth-order valence-corrected chi connectivity index (χ4v) is 2.16. The first-order valence-corrected chi connectivity index (χ1v) is 7.04. The molecule has 0 radical (unpaired) electrons. The molecule has 1 aromatic heterocycles. The number of carbonyl (C=O) groups excluding carboxylic acids is 1. The van der Waals surface area contributed by atoms with E-state index in [1.165, 1.54) is 18.3 Å². The van der Waals surface area contributed by atoms with Gasteiger partial charge in [-0.15, -0.1) is 0 Å². The molecule has 9 heteroatoms. The van der Waals surface area contributed by atoms with Gasteiger partial charge in [0.1, 0.15) is 6.33 Å². The predicted molar refractivity (Wildman–Crippen MR) is 85.7 cm³/mol. The Kier molecular flexibility index (Phi) is 5.25. The number of nitrogens with zero attached hydrogens (tertiary/aromatic N) is 4. The molecule has 9 nitrogen and oxygen atoms in total. The zero-order chi connectivity index (χ0) is 17.7. The molecule has 126 valence electrons. The van der Waals surface area contributed by atoms with E-state index in [1.54, 1.807) is 38.2 Å². The molecule has 0 amide bonds. The maximum Gasteiger partial charge on any atom is 0.373 e. The summed E-state index contributed by atoms with van der Waals surface area (Å²) in [5.41, 5.74) is 0.295. The molecule has 2 rings (SSSR count). The van der Waals surface area contributed by atoms with Crippen LogP contribution in [0.2, 0.25) is 0 Å². The summed E-state index contributed by atoms with van der Waals surface area (Å²) in [5, 5.41) is 11.5. The van der Waals surface area contributed by atoms with Crippen LogP contribution in [-0.2, 0) is 4.74 Å². The van der Waals surface area contributed by atoms with Crippen LogP contribution in [0.15, 0.2) is 30.6 Å². The van der Waals surface area contributed by atoms with Crippen LogP contribution in [0.1, 0.15) is 17.3 Å². The van der Waals surface area contributed by atoms with Gasteiger partial charge in [0.2, 0.25) is 5.82 Å². The Bertz CT molecular complexity index is 765. The normalized spacial score (nSPS) is 10.1. The first kappa shape index (κ1) is 17.1. The lowest BCUT2D eigenvalue weighted by molar-refractivity contribution is -0.385. The lowest BCUT2D eigenvalue weighted by Gasteiger charge is -2.20. The summed E-state index contributed by atoms with van der Waals surface area (Å²) in [7, 11) is 2.83. The number of ether oxygens (including phenoxy) is 2. The van der Waals surface area contributed by atoms with Gasteiger partial charge in [-0.1, -0.05) is 12.1 Å². The van der Waals surface area contributed by atoms with E-state index in [0.29, 0.717) is 5.69 Å². The van der Waals surface area contributed by atoms with Crippen molar-refractivity contribution in [3.63, 3.8) is 0 Å². The van der Waals surface area contributed by atoms with E-state index < -0.39 is 10.9 Å². The number of hydrogen-bond donors (Lipinski definition) is 0. The maximum absolute atomic E-state index is 11.9. The lowest BCUT2D eigenvalue weighted by atomic mass is 10.1. The summed E-state index contributed by atoms with van der Waals surface area (Å²) in [6.45, 7) is 1.92. The van der Waals surface area contributed by atoms with Gasteiger partial charge in [0.15, 0.2) is 0 Å². The fraction of sp³-hybridized carbons (Fsp3) is 0.267. The van der Waals surface area contributed by atoms with Gasteiger partial charge in [-0.05, 0) is 19.1 Å². The molecular weight excluding hydrogens is 316 g/mol. The number of nitro groups is 1. The predicted octanol–water partition coefficient (Wildman–Crippen LogP) is 2.34. The second-order valence-corrected chi connectivity index (χ2v) is 4.61. The SMILES string of the molecule is CCOc1ncnc(N(C)c2ccccc2C(=O)OC)c1[N+](=O)[O-]. The average Bonchev–Trinajstić information content (AvgIpc) is 2.60. The summed E-state index contributed by atoms with van der Waals surface area (Å²) in [5.74, 6) is -0.677. The van der Waals surface area contributed by atoms with Crippen molar-refractivity contribution >= 4 is 23.2 Å². The van der Waals surface area contributed by atoms with E-state index in [1.807, 2.05) is 0 Å². The Morgan fingerprint density at radius 2 is 2.04 bits per heavy atom. The summed E-state index contributed by atoms with van der Waals surface area (Å²) in [6, 6.07) is 6.57. The largest absolute Gasteiger partial charge is 0.473 e. The van der Waals surface area contributed by atoms with E-state index in [9.17, 15) is 14.9 Å². The van der Waals surface area contributed by atoms with Gasteiger partial charge in [0, 0.05) is 7.05 Å². The van der Waals surface area contributed by atoms with Crippen molar-refractivity contribution in [1.29, 1.82) is 0 Å². The molecule has 0 saturated carbocycles. The summed E-state index contributed by atoms with van der Waals surface area (Å²) < 4.78 is 9.96. The highest BCUT2D eigenvalue weighted by atomic mass is 16.6. The number of rotatable bonds is 6. The number of benzene rings is 1. The lowest BCUT2D eigenvalue weighted by Crippen LogP contribution is -2.18. The molecule has 24 heavy (non-hydrogen) atoms. The van der Waals surface area contributed by atoms with Crippen molar-refractivity contribution in [2.75, 3.05) is 25.7 Å².